The number of halogens is 3. The molecule has 0 aromatic heterocycles. The molecule has 8 heteroatoms. The lowest BCUT2D eigenvalue weighted by Gasteiger charge is -2.13. The van der Waals surface area contributed by atoms with Crippen molar-refractivity contribution in [3.63, 3.8) is 0 Å². The summed E-state index contributed by atoms with van der Waals surface area (Å²) in [5.41, 5.74) is -0.264. The van der Waals surface area contributed by atoms with Crippen molar-refractivity contribution in [1.29, 1.82) is 0 Å². The number of hydrogen-bond donors (Lipinski definition) is 1. The summed E-state index contributed by atoms with van der Waals surface area (Å²) in [6.07, 6.45) is 0. The van der Waals surface area contributed by atoms with Crippen molar-refractivity contribution in [1.82, 2.24) is 0 Å². The number of carbonyl (C=O) groups excluding carboxylic acids is 1. The van der Waals surface area contributed by atoms with Crippen LogP contribution in [0.4, 0.5) is 10.1 Å². The number of anilines is 1. The number of rotatable bonds is 5. The first-order valence-electron chi connectivity index (χ1n) is 7.65. The van der Waals surface area contributed by atoms with Gasteiger partial charge in [0.25, 0.3) is 10.0 Å². The maximum atomic E-state index is 14.0. The molecular weight excluding hydrogens is 412 g/mol. The van der Waals surface area contributed by atoms with E-state index < -0.39 is 21.6 Å². The zero-order valence-corrected chi connectivity index (χ0v) is 15.9. The van der Waals surface area contributed by atoms with Crippen LogP contribution in [-0.4, -0.2) is 14.2 Å². The molecule has 0 amide bonds. The molecule has 0 aliphatic carbocycles. The lowest BCUT2D eigenvalue weighted by molar-refractivity contribution is 0.103. The second kappa shape index (κ2) is 7.68. The first-order chi connectivity index (χ1) is 12.8. The first kappa shape index (κ1) is 19.4. The molecular formula is C19H12Cl2FNO3S. The van der Waals surface area contributed by atoms with E-state index in [0.717, 1.165) is 6.07 Å². The fourth-order valence-electron chi connectivity index (χ4n) is 2.40. The highest BCUT2D eigenvalue weighted by atomic mass is 35.5. The van der Waals surface area contributed by atoms with Gasteiger partial charge in [0.1, 0.15) is 5.82 Å². The predicted molar refractivity (Wildman–Crippen MR) is 104 cm³/mol. The molecule has 3 rings (SSSR count). The van der Waals surface area contributed by atoms with E-state index in [-0.39, 0.29) is 26.7 Å². The smallest absolute Gasteiger partial charge is 0.261 e. The average Bonchev–Trinajstić information content (AvgIpc) is 2.63. The van der Waals surface area contributed by atoms with E-state index in [9.17, 15) is 17.6 Å². The monoisotopic (exact) mass is 423 g/mol. The molecule has 0 spiro atoms. The van der Waals surface area contributed by atoms with E-state index in [2.05, 4.69) is 4.72 Å². The van der Waals surface area contributed by atoms with Gasteiger partial charge >= 0.3 is 0 Å². The van der Waals surface area contributed by atoms with Crippen LogP contribution >= 0.6 is 23.2 Å². The molecule has 0 bridgehead atoms. The van der Waals surface area contributed by atoms with Crippen LogP contribution in [0.3, 0.4) is 0 Å². The number of hydrogen-bond acceptors (Lipinski definition) is 3. The van der Waals surface area contributed by atoms with Gasteiger partial charge in [-0.25, -0.2) is 12.8 Å². The average molecular weight is 424 g/mol. The summed E-state index contributed by atoms with van der Waals surface area (Å²) in [5, 5.41) is 0.597. The SMILES string of the molecule is O=C(c1ccccc1F)c1cc(Cl)ccc1NS(=O)(=O)c1ccc(Cl)cc1. The summed E-state index contributed by atoms with van der Waals surface area (Å²) in [6.45, 7) is 0. The van der Waals surface area contributed by atoms with E-state index in [0.29, 0.717) is 5.02 Å². The van der Waals surface area contributed by atoms with Crippen LogP contribution in [0.25, 0.3) is 0 Å². The first-order valence-corrected chi connectivity index (χ1v) is 9.89. The van der Waals surface area contributed by atoms with Gasteiger partial charge in [-0.05, 0) is 54.6 Å². The van der Waals surface area contributed by atoms with Crippen LogP contribution in [0, 0.1) is 5.82 Å². The fourth-order valence-corrected chi connectivity index (χ4v) is 3.78. The van der Waals surface area contributed by atoms with Crippen molar-refractivity contribution >= 4 is 44.7 Å². The van der Waals surface area contributed by atoms with Crippen LogP contribution in [0.1, 0.15) is 15.9 Å². The van der Waals surface area contributed by atoms with Gasteiger partial charge in [0, 0.05) is 15.6 Å². The van der Waals surface area contributed by atoms with Gasteiger partial charge < -0.3 is 0 Å². The number of carbonyl (C=O) groups is 1. The molecule has 0 unspecified atom stereocenters. The van der Waals surface area contributed by atoms with Crippen LogP contribution in [0.5, 0.6) is 0 Å². The van der Waals surface area contributed by atoms with Gasteiger partial charge in [-0.3, -0.25) is 9.52 Å². The summed E-state index contributed by atoms with van der Waals surface area (Å²) < 4.78 is 41.5. The molecule has 0 aliphatic rings. The van der Waals surface area contributed by atoms with Crippen molar-refractivity contribution in [3.8, 4) is 0 Å². The molecule has 0 aliphatic heterocycles. The predicted octanol–water partition coefficient (Wildman–Crippen LogP) is 5.16. The van der Waals surface area contributed by atoms with Crippen molar-refractivity contribution < 1.29 is 17.6 Å². The highest BCUT2D eigenvalue weighted by molar-refractivity contribution is 7.92. The van der Waals surface area contributed by atoms with E-state index >= 15 is 0 Å². The van der Waals surface area contributed by atoms with Gasteiger partial charge in [0.15, 0.2) is 5.78 Å². The molecule has 27 heavy (non-hydrogen) atoms. The van der Waals surface area contributed by atoms with Gasteiger partial charge in [0.2, 0.25) is 0 Å². The highest BCUT2D eigenvalue weighted by Gasteiger charge is 2.21. The second-order valence-corrected chi connectivity index (χ2v) is 8.11. The zero-order chi connectivity index (χ0) is 19.6. The zero-order valence-electron chi connectivity index (χ0n) is 13.6. The Morgan fingerprint density at radius 2 is 1.48 bits per heavy atom. The Hall–Kier alpha value is -2.41. The van der Waals surface area contributed by atoms with Crippen molar-refractivity contribution in [3.05, 3.63) is 93.7 Å². The molecule has 0 radical (unpaired) electrons. The van der Waals surface area contributed by atoms with Crippen LogP contribution in [0.2, 0.25) is 10.0 Å². The van der Waals surface area contributed by atoms with Crippen LogP contribution in [0.15, 0.2) is 71.6 Å². The van der Waals surface area contributed by atoms with Gasteiger partial charge in [-0.2, -0.15) is 0 Å². The summed E-state index contributed by atoms with van der Waals surface area (Å²) in [7, 11) is -3.99. The molecule has 4 nitrogen and oxygen atoms in total. The minimum atomic E-state index is -3.99. The summed E-state index contributed by atoms with van der Waals surface area (Å²) in [4.78, 5) is 12.7. The third kappa shape index (κ3) is 4.30. The number of sulfonamides is 1. The van der Waals surface area contributed by atoms with E-state index in [4.69, 9.17) is 23.2 Å². The van der Waals surface area contributed by atoms with Crippen LogP contribution < -0.4 is 4.72 Å². The second-order valence-electron chi connectivity index (χ2n) is 5.56. The van der Waals surface area contributed by atoms with Gasteiger partial charge in [-0.1, -0.05) is 35.3 Å². The molecule has 0 fully saturated rings. The number of nitrogens with one attached hydrogen (secondary N) is 1. The fraction of sp³-hybridized carbons (Fsp3) is 0. The van der Waals surface area contributed by atoms with Crippen molar-refractivity contribution in [2.24, 2.45) is 0 Å². The maximum Gasteiger partial charge on any atom is 0.261 e. The van der Waals surface area contributed by atoms with E-state index in [1.165, 1.54) is 60.7 Å². The Morgan fingerprint density at radius 3 is 2.15 bits per heavy atom. The lowest BCUT2D eigenvalue weighted by atomic mass is 10.0. The Kier molecular flexibility index (Phi) is 5.51. The standard InChI is InChI=1S/C19H12Cl2FNO3S/c20-12-5-8-14(9-6-12)27(25,26)23-18-10-7-13(21)11-16(18)19(24)15-3-1-2-4-17(15)22/h1-11,23H. The number of benzene rings is 3. The van der Waals surface area contributed by atoms with E-state index in [1.807, 2.05) is 0 Å². The number of ketones is 1. The molecule has 3 aromatic rings. The van der Waals surface area contributed by atoms with Gasteiger partial charge in [-0.15, -0.1) is 0 Å². The Balaban J connectivity index is 2.03. The van der Waals surface area contributed by atoms with Crippen molar-refractivity contribution in [2.45, 2.75) is 4.90 Å². The summed E-state index contributed by atoms with van der Waals surface area (Å²) in [6, 6.07) is 15.0. The minimum absolute atomic E-state index is 0.0115. The molecule has 138 valence electrons. The largest absolute Gasteiger partial charge is 0.288 e. The highest BCUT2D eigenvalue weighted by Crippen LogP contribution is 2.27. The maximum absolute atomic E-state index is 14.0. The van der Waals surface area contributed by atoms with Crippen LogP contribution in [-0.2, 0) is 10.0 Å². The molecule has 0 saturated heterocycles. The molecule has 0 saturated carbocycles. The third-order valence-electron chi connectivity index (χ3n) is 3.71. The topological polar surface area (TPSA) is 63.2 Å². The molecule has 1 N–H and O–H groups in total. The third-order valence-corrected chi connectivity index (χ3v) is 5.58. The van der Waals surface area contributed by atoms with Crippen molar-refractivity contribution in [2.75, 3.05) is 4.72 Å². The Morgan fingerprint density at radius 1 is 0.852 bits per heavy atom. The quantitative estimate of drug-likeness (QED) is 0.576. The Bertz CT molecular complexity index is 1120. The Labute approximate surface area is 165 Å². The summed E-state index contributed by atoms with van der Waals surface area (Å²) in [5.74, 6) is -1.40. The lowest BCUT2D eigenvalue weighted by Crippen LogP contribution is -2.16. The molecule has 0 heterocycles. The summed E-state index contributed by atoms with van der Waals surface area (Å²) >= 11 is 11.7. The normalized spacial score (nSPS) is 11.2. The molecule has 0 atom stereocenters. The van der Waals surface area contributed by atoms with E-state index in [1.54, 1.807) is 0 Å². The minimum Gasteiger partial charge on any atom is -0.288 e. The molecule has 3 aromatic carbocycles. The van der Waals surface area contributed by atoms with Gasteiger partial charge in [0.05, 0.1) is 16.1 Å².